The minimum atomic E-state index is 1.14. The van der Waals surface area contributed by atoms with Crippen LogP contribution in [0.4, 0.5) is 0 Å². The van der Waals surface area contributed by atoms with Gasteiger partial charge in [-0.1, -0.05) is 30.3 Å². The fourth-order valence-corrected chi connectivity index (χ4v) is 1.87. The smallest absolute Gasteiger partial charge is 0.00244 e. The fourth-order valence-electron chi connectivity index (χ4n) is 1.87. The molecule has 0 bridgehead atoms. The molecule has 2 heteroatoms. The summed E-state index contributed by atoms with van der Waals surface area (Å²) in [5, 5.41) is 3.51. The van der Waals surface area contributed by atoms with Crippen molar-refractivity contribution in [3.63, 3.8) is 0 Å². The van der Waals surface area contributed by atoms with E-state index in [1.54, 1.807) is 0 Å². The average molecular weight is 234 g/mol. The lowest BCUT2D eigenvalue weighted by Crippen LogP contribution is -2.19. The molecule has 0 aromatic heterocycles. The van der Waals surface area contributed by atoms with Gasteiger partial charge in [0.1, 0.15) is 0 Å². The lowest BCUT2D eigenvalue weighted by atomic mass is 10.1. The number of aryl methyl sites for hydroxylation is 1. The Labute approximate surface area is 106 Å². The van der Waals surface area contributed by atoms with Gasteiger partial charge < -0.3 is 10.2 Å². The predicted molar refractivity (Wildman–Crippen MR) is 75.4 cm³/mol. The van der Waals surface area contributed by atoms with E-state index in [1.165, 1.54) is 37.8 Å². The molecule has 0 radical (unpaired) electrons. The molecule has 1 aromatic rings. The van der Waals surface area contributed by atoms with Crippen molar-refractivity contribution in [3.8, 4) is 0 Å². The molecule has 0 saturated carbocycles. The van der Waals surface area contributed by atoms with Crippen LogP contribution in [-0.2, 0) is 6.42 Å². The van der Waals surface area contributed by atoms with Crippen molar-refractivity contribution >= 4 is 0 Å². The zero-order valence-electron chi connectivity index (χ0n) is 11.3. The minimum Gasteiger partial charge on any atom is -0.317 e. The number of unbranched alkanes of at least 4 members (excludes halogenated alkanes) is 1. The Balaban J connectivity index is 1.88. The summed E-state index contributed by atoms with van der Waals surface area (Å²) >= 11 is 0. The van der Waals surface area contributed by atoms with Crippen LogP contribution in [0.2, 0.25) is 0 Å². The van der Waals surface area contributed by atoms with Crippen LogP contribution in [0.25, 0.3) is 0 Å². The molecule has 0 aliphatic heterocycles. The van der Waals surface area contributed by atoms with Crippen LogP contribution in [0.1, 0.15) is 24.8 Å². The van der Waals surface area contributed by atoms with Crippen LogP contribution >= 0.6 is 0 Å². The number of benzene rings is 1. The van der Waals surface area contributed by atoms with E-state index in [0.29, 0.717) is 0 Å². The average Bonchev–Trinajstić information content (AvgIpc) is 2.33. The second kappa shape index (κ2) is 9.20. The summed E-state index contributed by atoms with van der Waals surface area (Å²) in [5.74, 6) is 0. The Hall–Kier alpha value is -0.860. The normalized spacial score (nSPS) is 11.0. The van der Waals surface area contributed by atoms with Crippen molar-refractivity contribution in [2.24, 2.45) is 0 Å². The molecule has 0 heterocycles. The van der Waals surface area contributed by atoms with E-state index >= 15 is 0 Å². The summed E-state index contributed by atoms with van der Waals surface area (Å²) in [6, 6.07) is 10.7. The molecule has 17 heavy (non-hydrogen) atoms. The van der Waals surface area contributed by atoms with Gasteiger partial charge in [0.05, 0.1) is 0 Å². The molecule has 0 unspecified atom stereocenters. The van der Waals surface area contributed by atoms with Gasteiger partial charge in [-0.2, -0.15) is 0 Å². The van der Waals surface area contributed by atoms with Crippen molar-refractivity contribution in [2.75, 3.05) is 33.7 Å². The third-order valence-electron chi connectivity index (χ3n) is 2.87. The van der Waals surface area contributed by atoms with Crippen molar-refractivity contribution in [2.45, 2.75) is 25.7 Å². The van der Waals surface area contributed by atoms with Crippen molar-refractivity contribution in [1.82, 2.24) is 10.2 Å². The maximum atomic E-state index is 3.51. The summed E-state index contributed by atoms with van der Waals surface area (Å²) in [5.41, 5.74) is 1.45. The van der Waals surface area contributed by atoms with Gasteiger partial charge in [-0.3, -0.25) is 0 Å². The van der Waals surface area contributed by atoms with Crippen molar-refractivity contribution in [3.05, 3.63) is 35.9 Å². The highest BCUT2D eigenvalue weighted by molar-refractivity contribution is 5.14. The Bertz CT molecular complexity index is 270. The summed E-state index contributed by atoms with van der Waals surface area (Å²) < 4.78 is 0. The highest BCUT2D eigenvalue weighted by Crippen LogP contribution is 2.01. The van der Waals surface area contributed by atoms with Gasteiger partial charge >= 0.3 is 0 Å². The van der Waals surface area contributed by atoms with E-state index in [-0.39, 0.29) is 0 Å². The molecule has 2 nitrogen and oxygen atoms in total. The highest BCUT2D eigenvalue weighted by Gasteiger charge is 1.93. The Morgan fingerprint density at radius 1 is 0.941 bits per heavy atom. The molecule has 0 saturated heterocycles. The summed E-state index contributed by atoms with van der Waals surface area (Å²) in [7, 11) is 4.26. The van der Waals surface area contributed by atoms with Crippen LogP contribution in [0.15, 0.2) is 30.3 Å². The molecule has 0 spiro atoms. The quantitative estimate of drug-likeness (QED) is 0.661. The van der Waals surface area contributed by atoms with E-state index in [2.05, 4.69) is 54.6 Å². The monoisotopic (exact) mass is 234 g/mol. The minimum absolute atomic E-state index is 1.14. The Kier molecular flexibility index (Phi) is 7.69. The van der Waals surface area contributed by atoms with E-state index in [4.69, 9.17) is 0 Å². The van der Waals surface area contributed by atoms with Gasteiger partial charge in [-0.05, 0) is 65.0 Å². The first kappa shape index (κ1) is 14.2. The molecule has 0 atom stereocenters. The summed E-state index contributed by atoms with van der Waals surface area (Å²) in [6.07, 6.45) is 4.99. The largest absolute Gasteiger partial charge is 0.317 e. The van der Waals surface area contributed by atoms with Crippen LogP contribution in [0, 0.1) is 0 Å². The molecule has 0 aliphatic rings. The third kappa shape index (κ3) is 7.94. The van der Waals surface area contributed by atoms with E-state index in [0.717, 1.165) is 13.1 Å². The first-order valence-corrected chi connectivity index (χ1v) is 6.68. The summed E-state index contributed by atoms with van der Waals surface area (Å²) in [6.45, 7) is 3.49. The zero-order chi connectivity index (χ0) is 12.3. The topological polar surface area (TPSA) is 15.3 Å². The van der Waals surface area contributed by atoms with Gasteiger partial charge in [0.2, 0.25) is 0 Å². The number of nitrogens with zero attached hydrogens (tertiary/aromatic N) is 1. The van der Waals surface area contributed by atoms with Gasteiger partial charge in [0.15, 0.2) is 0 Å². The lowest BCUT2D eigenvalue weighted by molar-refractivity contribution is 0.391. The standard InChI is InChI=1S/C15H26N2/c1-17(2)14-7-6-12-16-13-8-11-15-9-4-3-5-10-15/h3-5,9-10,16H,6-8,11-14H2,1-2H3. The van der Waals surface area contributed by atoms with Crippen LogP contribution in [0.5, 0.6) is 0 Å². The summed E-state index contributed by atoms with van der Waals surface area (Å²) in [4.78, 5) is 2.25. The molecule has 1 N–H and O–H groups in total. The highest BCUT2D eigenvalue weighted by atomic mass is 15.0. The molecule has 1 aromatic carbocycles. The van der Waals surface area contributed by atoms with E-state index in [9.17, 15) is 0 Å². The van der Waals surface area contributed by atoms with Crippen LogP contribution < -0.4 is 5.32 Å². The maximum absolute atomic E-state index is 3.51. The van der Waals surface area contributed by atoms with E-state index < -0.39 is 0 Å². The van der Waals surface area contributed by atoms with Gasteiger partial charge in [0, 0.05) is 0 Å². The fraction of sp³-hybridized carbons (Fsp3) is 0.600. The predicted octanol–water partition coefficient (Wildman–Crippen LogP) is 2.55. The molecular formula is C15H26N2. The van der Waals surface area contributed by atoms with E-state index in [1.807, 2.05) is 0 Å². The molecule has 0 amide bonds. The second-order valence-electron chi connectivity index (χ2n) is 4.85. The second-order valence-corrected chi connectivity index (χ2v) is 4.85. The van der Waals surface area contributed by atoms with Crippen LogP contribution in [0.3, 0.4) is 0 Å². The molecule has 0 fully saturated rings. The molecule has 96 valence electrons. The number of rotatable bonds is 9. The molecular weight excluding hydrogens is 208 g/mol. The molecule has 0 aliphatic carbocycles. The maximum Gasteiger partial charge on any atom is -0.00244 e. The Morgan fingerprint density at radius 2 is 1.65 bits per heavy atom. The zero-order valence-corrected chi connectivity index (χ0v) is 11.3. The number of hydrogen-bond acceptors (Lipinski definition) is 2. The van der Waals surface area contributed by atoms with Gasteiger partial charge in [-0.15, -0.1) is 0 Å². The van der Waals surface area contributed by atoms with Gasteiger partial charge in [0.25, 0.3) is 0 Å². The van der Waals surface area contributed by atoms with Gasteiger partial charge in [-0.25, -0.2) is 0 Å². The number of hydrogen-bond donors (Lipinski definition) is 1. The lowest BCUT2D eigenvalue weighted by Gasteiger charge is -2.09. The van der Waals surface area contributed by atoms with Crippen molar-refractivity contribution in [1.29, 1.82) is 0 Å². The third-order valence-corrected chi connectivity index (χ3v) is 2.87. The SMILES string of the molecule is CN(C)CCCCNCCCc1ccccc1. The number of nitrogens with one attached hydrogen (secondary N) is 1. The van der Waals surface area contributed by atoms with Crippen molar-refractivity contribution < 1.29 is 0 Å². The van der Waals surface area contributed by atoms with Crippen LogP contribution in [-0.4, -0.2) is 38.6 Å². The first-order valence-electron chi connectivity index (χ1n) is 6.68. The molecule has 1 rings (SSSR count). The Morgan fingerprint density at radius 3 is 2.35 bits per heavy atom. The first-order chi connectivity index (χ1) is 8.29.